The molecule has 0 saturated heterocycles. The van der Waals surface area contributed by atoms with E-state index in [1.165, 1.54) is 33.2 Å². The molecule has 0 saturated carbocycles. The number of rotatable bonds is 4. The number of aromatic nitrogens is 1. The van der Waals surface area contributed by atoms with Gasteiger partial charge in [-0.2, -0.15) is 0 Å². The van der Waals surface area contributed by atoms with E-state index in [2.05, 4.69) is 0 Å². The highest BCUT2D eigenvalue weighted by Crippen LogP contribution is 2.18. The van der Waals surface area contributed by atoms with Gasteiger partial charge in [-0.05, 0) is 19.9 Å². The van der Waals surface area contributed by atoms with Crippen LogP contribution in [0, 0.1) is 0 Å². The minimum Gasteiger partial charge on any atom is -0.443 e. The van der Waals surface area contributed by atoms with Crippen LogP contribution in [0.3, 0.4) is 0 Å². The highest BCUT2D eigenvalue weighted by Gasteiger charge is 2.30. The topological polar surface area (TPSA) is 108 Å². The van der Waals surface area contributed by atoms with Gasteiger partial charge in [-0.15, -0.1) is 0 Å². The first kappa shape index (κ1) is 15.2. The number of carbonyl (C=O) groups is 1. The van der Waals surface area contributed by atoms with E-state index in [4.69, 9.17) is 10.5 Å². The summed E-state index contributed by atoms with van der Waals surface area (Å²) in [5.41, 5.74) is 3.31. The predicted octanol–water partition coefficient (Wildman–Crippen LogP) is 0.0329. The number of hydrogen-bond acceptors (Lipinski definition) is 5. The summed E-state index contributed by atoms with van der Waals surface area (Å²) in [5, 5.41) is 0. The predicted molar refractivity (Wildman–Crippen MR) is 68.5 cm³/mol. The Morgan fingerprint density at radius 3 is 2.47 bits per heavy atom. The van der Waals surface area contributed by atoms with Gasteiger partial charge in [0.25, 0.3) is 0 Å². The molecule has 0 aromatic carbocycles. The van der Waals surface area contributed by atoms with Crippen molar-refractivity contribution in [3.63, 3.8) is 0 Å². The molecule has 0 unspecified atom stereocenters. The minimum absolute atomic E-state index is 0.0178. The van der Waals surface area contributed by atoms with Gasteiger partial charge in [0.2, 0.25) is 5.56 Å². The summed E-state index contributed by atoms with van der Waals surface area (Å²) in [6.07, 6.45) is 0.179. The van der Waals surface area contributed by atoms with Crippen molar-refractivity contribution < 1.29 is 17.9 Å². The van der Waals surface area contributed by atoms with E-state index in [-0.39, 0.29) is 10.5 Å². The van der Waals surface area contributed by atoms with Gasteiger partial charge in [0.1, 0.15) is 5.60 Å². The molecule has 19 heavy (non-hydrogen) atoms. The number of sulfone groups is 1. The fraction of sp³-hybridized carbons (Fsp3) is 0.455. The maximum atomic E-state index is 12.1. The van der Waals surface area contributed by atoms with Crippen LogP contribution in [0.2, 0.25) is 0 Å². The molecule has 0 atom stereocenters. The van der Waals surface area contributed by atoms with E-state index in [0.29, 0.717) is 0 Å². The zero-order chi connectivity index (χ0) is 14.8. The molecule has 1 aromatic rings. The molecule has 0 aliphatic carbocycles. The molecule has 8 heteroatoms. The van der Waals surface area contributed by atoms with Crippen LogP contribution in [0.25, 0.3) is 0 Å². The molecule has 1 aromatic heterocycles. The molecule has 0 aliphatic heterocycles. The van der Waals surface area contributed by atoms with Gasteiger partial charge in [0, 0.05) is 19.3 Å². The number of hydrogen-bond donors (Lipinski definition) is 1. The number of pyridine rings is 1. The van der Waals surface area contributed by atoms with Gasteiger partial charge >= 0.3 is 6.09 Å². The molecule has 2 N–H and O–H groups in total. The fourth-order valence-corrected chi connectivity index (χ4v) is 3.33. The Morgan fingerprint density at radius 2 is 2.00 bits per heavy atom. The normalized spacial score (nSPS) is 12.2. The Balaban J connectivity index is 3.08. The van der Waals surface area contributed by atoms with E-state index in [1.807, 2.05) is 0 Å². The molecule has 0 radical (unpaired) electrons. The Labute approximate surface area is 110 Å². The first-order chi connectivity index (χ1) is 8.53. The fourth-order valence-electron chi connectivity index (χ4n) is 1.60. The summed E-state index contributed by atoms with van der Waals surface area (Å²) in [7, 11) is -2.24. The largest absolute Gasteiger partial charge is 0.443 e. The van der Waals surface area contributed by atoms with E-state index in [0.717, 1.165) is 10.6 Å². The summed E-state index contributed by atoms with van der Waals surface area (Å²) < 4.78 is 30.2. The number of amides is 1. The van der Waals surface area contributed by atoms with Gasteiger partial charge in [-0.3, -0.25) is 4.79 Å². The number of aryl methyl sites for hydroxylation is 1. The third-order valence-electron chi connectivity index (χ3n) is 2.33. The number of nitrogens with two attached hydrogens (primary N) is 1. The number of ether oxygens (including phenoxy) is 1. The quantitative estimate of drug-likeness (QED) is 0.841. The standard InChI is InChI=1S/C11H16N2O5S/c1-11(2,18-10(12)15)7-19(16,17)8-4-5-9(14)13(3)6-8/h4-6H,7H2,1-3H3,(H2,12,15). The van der Waals surface area contributed by atoms with E-state index >= 15 is 0 Å². The molecular weight excluding hydrogens is 272 g/mol. The van der Waals surface area contributed by atoms with Crippen LogP contribution < -0.4 is 11.3 Å². The summed E-state index contributed by atoms with van der Waals surface area (Å²) in [5.74, 6) is -0.429. The van der Waals surface area contributed by atoms with Crippen LogP contribution >= 0.6 is 0 Å². The molecule has 0 aliphatic rings. The SMILES string of the molecule is Cn1cc(S(=O)(=O)CC(C)(C)OC(N)=O)ccc1=O. The van der Waals surface area contributed by atoms with E-state index < -0.39 is 27.3 Å². The average Bonchev–Trinajstić information content (AvgIpc) is 2.17. The zero-order valence-electron chi connectivity index (χ0n) is 10.9. The lowest BCUT2D eigenvalue weighted by Crippen LogP contribution is -2.38. The lowest BCUT2D eigenvalue weighted by Gasteiger charge is -2.23. The van der Waals surface area contributed by atoms with Gasteiger partial charge in [-0.25, -0.2) is 13.2 Å². The minimum atomic E-state index is -3.70. The summed E-state index contributed by atoms with van der Waals surface area (Å²) in [4.78, 5) is 21.9. The van der Waals surface area contributed by atoms with Crippen molar-refractivity contribution in [2.24, 2.45) is 12.8 Å². The monoisotopic (exact) mass is 288 g/mol. The molecule has 0 fully saturated rings. The number of primary amides is 1. The van der Waals surface area contributed by atoms with Crippen LogP contribution in [0.5, 0.6) is 0 Å². The second-order valence-corrected chi connectivity index (χ2v) is 6.74. The number of nitrogens with zero attached hydrogens (tertiary/aromatic N) is 1. The van der Waals surface area contributed by atoms with E-state index in [1.54, 1.807) is 0 Å². The Kier molecular flexibility index (Phi) is 4.04. The van der Waals surface area contributed by atoms with Crippen molar-refractivity contribution in [2.75, 3.05) is 5.75 Å². The Hall–Kier alpha value is -1.83. The first-order valence-corrected chi connectivity index (χ1v) is 7.07. The third-order valence-corrected chi connectivity index (χ3v) is 4.37. The lowest BCUT2D eigenvalue weighted by atomic mass is 10.2. The van der Waals surface area contributed by atoms with Crippen LogP contribution in [0.1, 0.15) is 13.8 Å². The van der Waals surface area contributed by atoms with Crippen LogP contribution in [0.15, 0.2) is 28.0 Å². The molecule has 1 amide bonds. The Bertz CT molecular complexity index is 645. The molecule has 1 heterocycles. The van der Waals surface area contributed by atoms with Crippen molar-refractivity contribution in [3.05, 3.63) is 28.7 Å². The summed E-state index contributed by atoms with van der Waals surface area (Å²) in [6.45, 7) is 2.88. The van der Waals surface area contributed by atoms with Crippen molar-refractivity contribution >= 4 is 15.9 Å². The van der Waals surface area contributed by atoms with Crippen molar-refractivity contribution in [3.8, 4) is 0 Å². The van der Waals surface area contributed by atoms with Crippen LogP contribution in [-0.2, 0) is 21.6 Å². The van der Waals surface area contributed by atoms with Crippen LogP contribution in [0.4, 0.5) is 4.79 Å². The highest BCUT2D eigenvalue weighted by atomic mass is 32.2. The van der Waals surface area contributed by atoms with Gasteiger partial charge in [-0.1, -0.05) is 0 Å². The number of carbonyl (C=O) groups excluding carboxylic acids is 1. The van der Waals surface area contributed by atoms with E-state index in [9.17, 15) is 18.0 Å². The molecule has 106 valence electrons. The van der Waals surface area contributed by atoms with Gasteiger partial charge in [0.15, 0.2) is 9.84 Å². The van der Waals surface area contributed by atoms with Crippen LogP contribution in [-0.4, -0.2) is 30.4 Å². The zero-order valence-corrected chi connectivity index (χ0v) is 11.7. The second kappa shape index (κ2) is 5.04. The molecule has 1 rings (SSSR count). The van der Waals surface area contributed by atoms with Crippen molar-refractivity contribution in [1.82, 2.24) is 4.57 Å². The average molecular weight is 288 g/mol. The Morgan fingerprint density at radius 1 is 1.42 bits per heavy atom. The third kappa shape index (κ3) is 4.09. The van der Waals surface area contributed by atoms with Gasteiger partial charge < -0.3 is 15.0 Å². The summed E-state index contributed by atoms with van der Waals surface area (Å²) >= 11 is 0. The van der Waals surface area contributed by atoms with Gasteiger partial charge in [0.05, 0.1) is 10.6 Å². The molecular formula is C11H16N2O5S. The molecule has 7 nitrogen and oxygen atoms in total. The molecule has 0 spiro atoms. The maximum Gasteiger partial charge on any atom is 0.405 e. The van der Waals surface area contributed by atoms with Crippen molar-refractivity contribution in [2.45, 2.75) is 24.3 Å². The maximum absolute atomic E-state index is 12.1. The smallest absolute Gasteiger partial charge is 0.405 e. The first-order valence-electron chi connectivity index (χ1n) is 5.41. The second-order valence-electron chi connectivity index (χ2n) is 4.75. The summed E-state index contributed by atoms with van der Waals surface area (Å²) in [6, 6.07) is 2.38. The molecule has 0 bridgehead atoms. The highest BCUT2D eigenvalue weighted by molar-refractivity contribution is 7.91. The van der Waals surface area contributed by atoms with Crippen molar-refractivity contribution in [1.29, 1.82) is 0 Å². The lowest BCUT2D eigenvalue weighted by molar-refractivity contribution is 0.0622.